The summed E-state index contributed by atoms with van der Waals surface area (Å²) in [7, 11) is 0. The van der Waals surface area contributed by atoms with Gasteiger partial charge in [-0.05, 0) is 12.1 Å². The first-order valence-electron chi connectivity index (χ1n) is 3.00. The molecule has 1 heterocycles. The van der Waals surface area contributed by atoms with Gasteiger partial charge in [0.1, 0.15) is 0 Å². The minimum absolute atomic E-state index is 0.911. The zero-order valence-corrected chi connectivity index (χ0v) is 5.24. The Morgan fingerprint density at radius 2 is 2.20 bits per heavy atom. The molecule has 2 rings (SSSR count). The summed E-state index contributed by atoms with van der Waals surface area (Å²) in [6.07, 6.45) is 1.63. The molecule has 2 radical (unpaired) electrons. The van der Waals surface area contributed by atoms with Gasteiger partial charge in [-0.2, -0.15) is 0 Å². The molecule has 1 aliphatic rings. The predicted molar refractivity (Wildman–Crippen MR) is 36.0 cm³/mol. The van der Waals surface area contributed by atoms with Gasteiger partial charge in [-0.15, -0.1) is 0 Å². The summed E-state index contributed by atoms with van der Waals surface area (Å²) in [5, 5.41) is 1.91. The van der Waals surface area contributed by atoms with Crippen molar-refractivity contribution in [2.45, 2.75) is 0 Å². The third-order valence-corrected chi connectivity index (χ3v) is 1.34. The van der Waals surface area contributed by atoms with Crippen molar-refractivity contribution in [1.29, 1.82) is 0 Å². The average Bonchev–Trinajstić information content (AvgIpc) is 2.05. The van der Waals surface area contributed by atoms with Crippen molar-refractivity contribution in [3.8, 4) is 0 Å². The zero-order valence-electron chi connectivity index (χ0n) is 5.24. The summed E-state index contributed by atoms with van der Waals surface area (Å²) < 4.78 is 4.75. The molecular weight excluding hydrogens is 126 g/mol. The number of benzene rings is 1. The van der Waals surface area contributed by atoms with Crippen LogP contribution in [-0.4, -0.2) is 0 Å². The second-order valence-corrected chi connectivity index (χ2v) is 2.00. The molecule has 1 aromatic rings. The number of rotatable bonds is 0. The highest BCUT2D eigenvalue weighted by Gasteiger charge is 1.92. The average molecular weight is 131 g/mol. The molecule has 0 unspecified atom stereocenters. The summed E-state index contributed by atoms with van der Waals surface area (Å²) >= 11 is 0. The summed E-state index contributed by atoms with van der Waals surface area (Å²) in [5.41, 5.74) is 0. The first kappa shape index (κ1) is 5.47. The lowest BCUT2D eigenvalue weighted by molar-refractivity contribution is 0.376. The Balaban J connectivity index is 2.84. The minimum Gasteiger partial charge on any atom is -0.461 e. The van der Waals surface area contributed by atoms with Crippen molar-refractivity contribution in [2.75, 3.05) is 0 Å². The molecule has 1 aromatic carbocycles. The number of hydrogen-bond donors (Lipinski definition) is 0. The van der Waals surface area contributed by atoms with Crippen molar-refractivity contribution in [3.05, 3.63) is 41.6 Å². The fourth-order valence-electron chi connectivity index (χ4n) is 0.854. The van der Waals surface area contributed by atoms with E-state index in [0.29, 0.717) is 0 Å². The van der Waals surface area contributed by atoms with E-state index < -0.39 is 0 Å². The number of hydrogen-bond acceptors (Lipinski definition) is 2. The van der Waals surface area contributed by atoms with Gasteiger partial charge in [-0.25, -0.2) is 4.99 Å². The summed E-state index contributed by atoms with van der Waals surface area (Å²) in [6, 6.07) is 7.74. The number of para-hydroxylation sites is 1. The van der Waals surface area contributed by atoms with Crippen LogP contribution in [0.3, 0.4) is 0 Å². The minimum atomic E-state index is 0.911. The smallest absolute Gasteiger partial charge is 0.336 e. The SMILES string of the molecule is [C]1N=c2ccccc2=CO1. The lowest BCUT2D eigenvalue weighted by atomic mass is 10.3. The van der Waals surface area contributed by atoms with Crippen LogP contribution in [0.25, 0.3) is 6.26 Å². The summed E-state index contributed by atoms with van der Waals surface area (Å²) in [6.45, 7) is 2.41. The van der Waals surface area contributed by atoms with Crippen LogP contribution in [0, 0.1) is 6.73 Å². The highest BCUT2D eigenvalue weighted by molar-refractivity contribution is 5.18. The largest absolute Gasteiger partial charge is 0.461 e. The van der Waals surface area contributed by atoms with Crippen LogP contribution >= 0.6 is 0 Å². The Hall–Kier alpha value is -1.31. The van der Waals surface area contributed by atoms with Crippen molar-refractivity contribution < 1.29 is 4.74 Å². The summed E-state index contributed by atoms with van der Waals surface area (Å²) in [4.78, 5) is 3.89. The van der Waals surface area contributed by atoms with Gasteiger partial charge in [0, 0.05) is 5.22 Å². The van der Waals surface area contributed by atoms with E-state index in [1.54, 1.807) is 6.26 Å². The fraction of sp³-hybridized carbons (Fsp3) is 0. The van der Waals surface area contributed by atoms with Crippen LogP contribution in [-0.2, 0) is 4.74 Å². The molecule has 10 heavy (non-hydrogen) atoms. The van der Waals surface area contributed by atoms with Crippen LogP contribution < -0.4 is 10.6 Å². The van der Waals surface area contributed by atoms with Crippen LogP contribution in [0.1, 0.15) is 0 Å². The second-order valence-electron chi connectivity index (χ2n) is 2.00. The summed E-state index contributed by atoms with van der Waals surface area (Å²) in [5.74, 6) is 0. The van der Waals surface area contributed by atoms with E-state index in [-0.39, 0.29) is 0 Å². The highest BCUT2D eigenvalue weighted by atomic mass is 16.5. The number of nitrogens with zero attached hydrogens (tertiary/aromatic N) is 1. The Kier molecular flexibility index (Phi) is 1.17. The molecule has 0 N–H and O–H groups in total. The van der Waals surface area contributed by atoms with Crippen LogP contribution in [0.4, 0.5) is 0 Å². The second kappa shape index (κ2) is 2.14. The first-order valence-corrected chi connectivity index (χ1v) is 3.00. The monoisotopic (exact) mass is 131 g/mol. The van der Waals surface area contributed by atoms with E-state index in [0.717, 1.165) is 10.6 Å². The Labute approximate surface area is 58.5 Å². The molecular formula is C8H5NO. The third kappa shape index (κ3) is 0.778. The van der Waals surface area contributed by atoms with E-state index in [1.807, 2.05) is 24.3 Å². The van der Waals surface area contributed by atoms with Crippen molar-refractivity contribution >= 4 is 6.26 Å². The number of fused-ring (bicyclic) bond motifs is 1. The fourth-order valence-corrected chi connectivity index (χ4v) is 0.854. The van der Waals surface area contributed by atoms with Crippen LogP contribution in [0.5, 0.6) is 0 Å². The van der Waals surface area contributed by atoms with Crippen molar-refractivity contribution in [2.24, 2.45) is 4.99 Å². The van der Waals surface area contributed by atoms with E-state index >= 15 is 0 Å². The van der Waals surface area contributed by atoms with E-state index in [1.165, 1.54) is 0 Å². The van der Waals surface area contributed by atoms with Gasteiger partial charge in [0.15, 0.2) is 0 Å². The molecule has 1 aliphatic heterocycles. The lowest BCUT2D eigenvalue weighted by Gasteiger charge is -1.96. The molecule has 0 saturated carbocycles. The Bertz CT molecular complexity index is 308. The molecule has 2 heteroatoms. The highest BCUT2D eigenvalue weighted by Crippen LogP contribution is 1.86. The van der Waals surface area contributed by atoms with Crippen LogP contribution in [0.15, 0.2) is 29.3 Å². The van der Waals surface area contributed by atoms with Crippen molar-refractivity contribution in [3.63, 3.8) is 0 Å². The molecule has 0 fully saturated rings. The molecule has 2 nitrogen and oxygen atoms in total. The number of ether oxygens (including phenoxy) is 1. The maximum atomic E-state index is 4.75. The van der Waals surface area contributed by atoms with Crippen LogP contribution in [0.2, 0.25) is 0 Å². The quantitative estimate of drug-likeness (QED) is 0.488. The van der Waals surface area contributed by atoms with E-state index in [4.69, 9.17) is 4.74 Å². The van der Waals surface area contributed by atoms with E-state index in [2.05, 4.69) is 11.7 Å². The van der Waals surface area contributed by atoms with Gasteiger partial charge < -0.3 is 4.74 Å². The van der Waals surface area contributed by atoms with E-state index in [9.17, 15) is 0 Å². The molecule has 48 valence electrons. The Morgan fingerprint density at radius 1 is 1.30 bits per heavy atom. The van der Waals surface area contributed by atoms with Gasteiger partial charge in [0.2, 0.25) is 0 Å². The lowest BCUT2D eigenvalue weighted by Crippen LogP contribution is -2.26. The molecule has 0 saturated heterocycles. The van der Waals surface area contributed by atoms with Crippen molar-refractivity contribution in [1.82, 2.24) is 0 Å². The topological polar surface area (TPSA) is 21.6 Å². The van der Waals surface area contributed by atoms with Gasteiger partial charge in [-0.1, -0.05) is 12.1 Å². The normalized spacial score (nSPS) is 14.0. The molecule has 0 bridgehead atoms. The van der Waals surface area contributed by atoms with Gasteiger partial charge in [-0.3, -0.25) is 0 Å². The Morgan fingerprint density at radius 3 is 3.10 bits per heavy atom. The van der Waals surface area contributed by atoms with Gasteiger partial charge >= 0.3 is 6.73 Å². The first-order chi connectivity index (χ1) is 4.97. The molecule has 0 amide bonds. The standard InChI is InChI=1S/C8H5NO/c1-2-4-8-7(3-1)5-10-6-9-8/h1-5H. The van der Waals surface area contributed by atoms with Gasteiger partial charge in [0.05, 0.1) is 11.6 Å². The zero-order chi connectivity index (χ0) is 6.81. The van der Waals surface area contributed by atoms with Gasteiger partial charge in [0.25, 0.3) is 0 Å². The maximum absolute atomic E-state index is 4.75. The molecule has 0 spiro atoms. The molecule has 0 aromatic heterocycles. The maximum Gasteiger partial charge on any atom is 0.336 e. The predicted octanol–water partition coefficient (Wildman–Crippen LogP) is 0.0707. The third-order valence-electron chi connectivity index (χ3n) is 1.34. The molecule has 0 atom stereocenters. The molecule has 0 aliphatic carbocycles.